The van der Waals surface area contributed by atoms with Crippen LogP contribution in [-0.4, -0.2) is 4.98 Å². The van der Waals surface area contributed by atoms with Gasteiger partial charge >= 0.3 is 0 Å². The number of thiophene rings is 2. The average Bonchev–Trinajstić information content (AvgIpc) is 3.40. The van der Waals surface area contributed by atoms with E-state index in [0.29, 0.717) is 5.92 Å². The lowest BCUT2D eigenvalue weighted by Crippen LogP contribution is -2.12. The molecule has 0 amide bonds. The summed E-state index contributed by atoms with van der Waals surface area (Å²) in [6, 6.07) is 22.8. The van der Waals surface area contributed by atoms with E-state index in [2.05, 4.69) is 115 Å². The second kappa shape index (κ2) is 9.32. The molecular weight excluding hydrogens is 499 g/mol. The Morgan fingerprint density at radius 1 is 0.868 bits per heavy atom. The number of aryl methyl sites for hydroxylation is 2. The summed E-state index contributed by atoms with van der Waals surface area (Å²) in [5, 5.41) is 6.27. The molecule has 0 bridgehead atoms. The molecule has 0 radical (unpaired) electrons. The maximum absolute atomic E-state index is 5.26. The molecule has 0 fully saturated rings. The zero-order valence-electron chi connectivity index (χ0n) is 23.4. The SMILES string of the molecule is Cc1sc2ccc(-c3cc(-c4cc(C(C)(C)C)c5ccccc5c4)nc4c(C)csc34)cc2c1CC(C)C. The first-order valence-electron chi connectivity index (χ1n) is 13.5. The molecule has 0 aliphatic rings. The van der Waals surface area contributed by atoms with Gasteiger partial charge in [0.2, 0.25) is 0 Å². The number of hydrogen-bond acceptors (Lipinski definition) is 3. The van der Waals surface area contributed by atoms with Crippen molar-refractivity contribution in [2.75, 3.05) is 0 Å². The third-order valence-electron chi connectivity index (χ3n) is 7.58. The minimum absolute atomic E-state index is 0.0372. The smallest absolute Gasteiger partial charge is 0.0852 e. The summed E-state index contributed by atoms with van der Waals surface area (Å²) in [6.45, 7) is 16.0. The van der Waals surface area contributed by atoms with E-state index < -0.39 is 0 Å². The molecule has 3 aromatic heterocycles. The van der Waals surface area contributed by atoms with Gasteiger partial charge in [-0.1, -0.05) is 65.0 Å². The molecule has 6 rings (SSSR count). The minimum Gasteiger partial charge on any atom is -0.247 e. The van der Waals surface area contributed by atoms with Gasteiger partial charge in [0.1, 0.15) is 0 Å². The fraction of sp³-hybridized carbons (Fsp3) is 0.286. The molecule has 6 aromatic rings. The topological polar surface area (TPSA) is 12.9 Å². The van der Waals surface area contributed by atoms with E-state index in [1.807, 2.05) is 22.7 Å². The first kappa shape index (κ1) is 25.3. The van der Waals surface area contributed by atoms with Gasteiger partial charge in [-0.2, -0.15) is 0 Å². The number of hydrogen-bond donors (Lipinski definition) is 0. The molecule has 0 aliphatic carbocycles. The van der Waals surface area contributed by atoms with Gasteiger partial charge in [0.15, 0.2) is 0 Å². The van der Waals surface area contributed by atoms with Crippen molar-refractivity contribution in [3.8, 4) is 22.4 Å². The second-order valence-electron chi connectivity index (χ2n) is 12.1. The van der Waals surface area contributed by atoms with Crippen LogP contribution in [0, 0.1) is 19.8 Å². The summed E-state index contributed by atoms with van der Waals surface area (Å²) < 4.78 is 2.67. The van der Waals surface area contributed by atoms with E-state index in [0.717, 1.165) is 17.6 Å². The molecule has 3 aromatic carbocycles. The van der Waals surface area contributed by atoms with Crippen LogP contribution in [0.3, 0.4) is 0 Å². The largest absolute Gasteiger partial charge is 0.247 e. The van der Waals surface area contributed by atoms with Gasteiger partial charge in [0.25, 0.3) is 0 Å². The van der Waals surface area contributed by atoms with Crippen LogP contribution in [0.15, 0.2) is 66.0 Å². The lowest BCUT2D eigenvalue weighted by molar-refractivity contribution is 0.596. The van der Waals surface area contributed by atoms with Gasteiger partial charge in [-0.05, 0) is 106 Å². The Balaban J connectivity index is 1.60. The van der Waals surface area contributed by atoms with Crippen LogP contribution in [0.1, 0.15) is 56.2 Å². The lowest BCUT2D eigenvalue weighted by atomic mass is 9.82. The van der Waals surface area contributed by atoms with Crippen LogP contribution in [0.25, 0.3) is 53.5 Å². The number of benzene rings is 3. The van der Waals surface area contributed by atoms with Gasteiger partial charge in [0.05, 0.1) is 15.9 Å². The zero-order chi connectivity index (χ0) is 26.8. The normalized spacial score (nSPS) is 12.4. The molecule has 0 aliphatic heterocycles. The van der Waals surface area contributed by atoms with Crippen molar-refractivity contribution < 1.29 is 0 Å². The van der Waals surface area contributed by atoms with Gasteiger partial charge in [-0.3, -0.25) is 0 Å². The maximum Gasteiger partial charge on any atom is 0.0852 e. The molecule has 3 heterocycles. The summed E-state index contributed by atoms with van der Waals surface area (Å²) >= 11 is 3.74. The van der Waals surface area contributed by atoms with Crippen LogP contribution < -0.4 is 0 Å². The number of pyridine rings is 1. The zero-order valence-corrected chi connectivity index (χ0v) is 25.0. The molecule has 0 unspecified atom stereocenters. The van der Waals surface area contributed by atoms with Crippen molar-refractivity contribution in [2.24, 2.45) is 5.92 Å². The predicted octanol–water partition coefficient (Wildman–Crippen LogP) is 11.1. The Morgan fingerprint density at radius 3 is 2.42 bits per heavy atom. The van der Waals surface area contributed by atoms with Gasteiger partial charge in [-0.15, -0.1) is 22.7 Å². The molecule has 1 nitrogen and oxygen atoms in total. The van der Waals surface area contributed by atoms with Crippen LogP contribution in [0.5, 0.6) is 0 Å². The molecule has 0 N–H and O–H groups in total. The Kier molecular flexibility index (Phi) is 6.20. The third kappa shape index (κ3) is 4.36. The van der Waals surface area contributed by atoms with Crippen molar-refractivity contribution in [2.45, 2.75) is 60.3 Å². The standard InChI is InChI=1S/C35H35NS2/c1-20(2)14-27-22(4)38-32-13-12-24(16-29(27)32)28-18-31(36-33-21(3)19-37-34(28)33)25-15-23-10-8-9-11-26(23)30(17-25)35(5,6)7/h8-13,15-20H,14H2,1-7H3. The second-order valence-corrected chi connectivity index (χ2v) is 14.2. The summed E-state index contributed by atoms with van der Waals surface area (Å²) in [5.41, 5.74) is 10.1. The first-order valence-corrected chi connectivity index (χ1v) is 15.2. The minimum atomic E-state index is 0.0372. The lowest BCUT2D eigenvalue weighted by Gasteiger charge is -2.23. The summed E-state index contributed by atoms with van der Waals surface area (Å²) in [5.74, 6) is 0.638. The van der Waals surface area contributed by atoms with Crippen LogP contribution in [0.2, 0.25) is 0 Å². The maximum atomic E-state index is 5.26. The fourth-order valence-electron chi connectivity index (χ4n) is 5.66. The van der Waals surface area contributed by atoms with E-state index in [4.69, 9.17) is 4.98 Å². The highest BCUT2D eigenvalue weighted by Crippen LogP contribution is 2.42. The van der Waals surface area contributed by atoms with E-state index in [1.54, 1.807) is 0 Å². The Bertz CT molecular complexity index is 1820. The van der Waals surface area contributed by atoms with Crippen molar-refractivity contribution in [1.82, 2.24) is 4.98 Å². The summed E-state index contributed by atoms with van der Waals surface area (Å²) in [4.78, 5) is 6.71. The fourth-order valence-corrected chi connectivity index (χ4v) is 7.77. The Labute approximate surface area is 234 Å². The van der Waals surface area contributed by atoms with Gasteiger partial charge in [-0.25, -0.2) is 4.98 Å². The van der Waals surface area contributed by atoms with E-state index >= 15 is 0 Å². The van der Waals surface area contributed by atoms with Crippen LogP contribution >= 0.6 is 22.7 Å². The molecule has 0 saturated carbocycles. The van der Waals surface area contributed by atoms with Gasteiger partial charge in [0, 0.05) is 20.7 Å². The highest BCUT2D eigenvalue weighted by molar-refractivity contribution is 7.19. The third-order valence-corrected chi connectivity index (χ3v) is 9.83. The van der Waals surface area contributed by atoms with Crippen molar-refractivity contribution in [3.05, 3.63) is 87.6 Å². The Hall–Kier alpha value is -3.01. The summed E-state index contributed by atoms with van der Waals surface area (Å²) in [7, 11) is 0. The highest BCUT2D eigenvalue weighted by atomic mass is 32.1. The molecule has 0 saturated heterocycles. The van der Waals surface area contributed by atoms with E-state index in [9.17, 15) is 0 Å². The van der Waals surface area contributed by atoms with Crippen molar-refractivity contribution in [3.63, 3.8) is 0 Å². The van der Waals surface area contributed by atoms with Crippen LogP contribution in [0.4, 0.5) is 0 Å². The van der Waals surface area contributed by atoms with Crippen molar-refractivity contribution in [1.29, 1.82) is 0 Å². The monoisotopic (exact) mass is 533 g/mol. The van der Waals surface area contributed by atoms with Crippen molar-refractivity contribution >= 4 is 53.7 Å². The molecular formula is C35H35NS2. The quantitative estimate of drug-likeness (QED) is 0.220. The first-order chi connectivity index (χ1) is 18.1. The Morgan fingerprint density at radius 2 is 1.66 bits per heavy atom. The van der Waals surface area contributed by atoms with Gasteiger partial charge < -0.3 is 0 Å². The van der Waals surface area contributed by atoms with E-state index in [1.165, 1.54) is 63.8 Å². The molecule has 0 atom stereocenters. The average molecular weight is 534 g/mol. The van der Waals surface area contributed by atoms with Crippen LogP contribution in [-0.2, 0) is 11.8 Å². The molecule has 0 spiro atoms. The molecule has 3 heteroatoms. The highest BCUT2D eigenvalue weighted by Gasteiger charge is 2.20. The number of fused-ring (bicyclic) bond motifs is 3. The predicted molar refractivity (Wildman–Crippen MR) is 170 cm³/mol. The van der Waals surface area contributed by atoms with E-state index in [-0.39, 0.29) is 5.41 Å². The summed E-state index contributed by atoms with van der Waals surface area (Å²) in [6.07, 6.45) is 1.12. The number of rotatable bonds is 4. The molecule has 192 valence electrons. The number of nitrogens with zero attached hydrogens (tertiary/aromatic N) is 1. The number of aromatic nitrogens is 1. The molecule has 38 heavy (non-hydrogen) atoms.